The molecular formula is C28H35F3N6O4. The monoisotopic (exact) mass is 576 g/mol. The number of carbonyl (C=O) groups excluding carboxylic acids is 1. The number of methoxy groups -OCH3 is 2. The standard InChI is InChI=1S/C28H35F3N6O4/c1-39-22-14-21(15-23(17-22)40-2)37(8-3-6-32-19-28(29,30)31)20-4-5-24-25(16-20)35-26(18-34-24)27(38)33-7-9-36-10-12-41-13-11-36/h4-5,14-18,32H,3,6-13,19H2,1-2H3,(H,33,38). The maximum Gasteiger partial charge on any atom is 0.401 e. The molecule has 3 aromatic rings. The van der Waals surface area contributed by atoms with Gasteiger partial charge in [-0.1, -0.05) is 0 Å². The van der Waals surface area contributed by atoms with Gasteiger partial charge in [-0.2, -0.15) is 13.2 Å². The van der Waals surface area contributed by atoms with Gasteiger partial charge in [0.25, 0.3) is 5.91 Å². The predicted molar refractivity (Wildman–Crippen MR) is 149 cm³/mol. The van der Waals surface area contributed by atoms with Crippen molar-refractivity contribution in [2.45, 2.75) is 12.6 Å². The summed E-state index contributed by atoms with van der Waals surface area (Å²) in [7, 11) is 3.09. The van der Waals surface area contributed by atoms with Crippen LogP contribution in [0, 0.1) is 0 Å². The van der Waals surface area contributed by atoms with Crippen molar-refractivity contribution >= 4 is 28.3 Å². The van der Waals surface area contributed by atoms with Crippen LogP contribution >= 0.6 is 0 Å². The molecule has 13 heteroatoms. The van der Waals surface area contributed by atoms with Gasteiger partial charge in [0.2, 0.25) is 0 Å². The number of ether oxygens (including phenoxy) is 3. The van der Waals surface area contributed by atoms with Crippen LogP contribution in [-0.4, -0.2) is 100 Å². The number of halogens is 3. The van der Waals surface area contributed by atoms with Gasteiger partial charge in [-0.15, -0.1) is 0 Å². The number of amides is 1. The van der Waals surface area contributed by atoms with E-state index in [1.165, 1.54) is 6.20 Å². The van der Waals surface area contributed by atoms with Crippen LogP contribution in [0.3, 0.4) is 0 Å². The number of rotatable bonds is 13. The highest BCUT2D eigenvalue weighted by Gasteiger charge is 2.26. The smallest absolute Gasteiger partial charge is 0.401 e. The van der Waals surface area contributed by atoms with Crippen LogP contribution < -0.4 is 25.0 Å². The van der Waals surface area contributed by atoms with Crippen molar-refractivity contribution in [1.82, 2.24) is 25.5 Å². The second-order valence-electron chi connectivity index (χ2n) is 9.51. The average Bonchev–Trinajstić information content (AvgIpc) is 2.98. The van der Waals surface area contributed by atoms with E-state index in [0.29, 0.717) is 55.3 Å². The maximum absolute atomic E-state index is 12.8. The van der Waals surface area contributed by atoms with E-state index in [4.69, 9.17) is 14.2 Å². The number of benzene rings is 2. The summed E-state index contributed by atoms with van der Waals surface area (Å²) in [6.07, 6.45) is -2.41. The molecule has 10 nitrogen and oxygen atoms in total. The highest BCUT2D eigenvalue weighted by molar-refractivity contribution is 5.94. The lowest BCUT2D eigenvalue weighted by Gasteiger charge is -2.26. The van der Waals surface area contributed by atoms with E-state index < -0.39 is 12.7 Å². The molecule has 1 aliphatic heterocycles. The Hall–Kier alpha value is -3.68. The lowest BCUT2D eigenvalue weighted by molar-refractivity contribution is -0.124. The second kappa shape index (κ2) is 14.3. The fourth-order valence-corrected chi connectivity index (χ4v) is 4.47. The molecule has 2 heterocycles. The van der Waals surface area contributed by atoms with Crippen molar-refractivity contribution in [1.29, 1.82) is 0 Å². The Bertz CT molecular complexity index is 1280. The van der Waals surface area contributed by atoms with Crippen molar-refractivity contribution in [3.8, 4) is 11.5 Å². The number of morpholine rings is 1. The van der Waals surface area contributed by atoms with Crippen LogP contribution in [0.5, 0.6) is 11.5 Å². The molecule has 1 fully saturated rings. The molecule has 0 aliphatic carbocycles. The quantitative estimate of drug-likeness (QED) is 0.297. The molecule has 0 radical (unpaired) electrons. The van der Waals surface area contributed by atoms with Crippen molar-refractivity contribution in [3.63, 3.8) is 0 Å². The van der Waals surface area contributed by atoms with Crippen LogP contribution in [-0.2, 0) is 4.74 Å². The van der Waals surface area contributed by atoms with E-state index in [0.717, 1.165) is 31.0 Å². The molecule has 1 saturated heterocycles. The van der Waals surface area contributed by atoms with Crippen molar-refractivity contribution in [3.05, 3.63) is 48.3 Å². The first kappa shape index (κ1) is 30.3. The Morgan fingerprint density at radius 3 is 2.44 bits per heavy atom. The van der Waals surface area contributed by atoms with Gasteiger partial charge in [-0.05, 0) is 31.2 Å². The maximum atomic E-state index is 12.8. The first-order chi connectivity index (χ1) is 19.8. The van der Waals surface area contributed by atoms with E-state index in [2.05, 4.69) is 25.5 Å². The van der Waals surface area contributed by atoms with Gasteiger partial charge in [0.05, 0.1) is 51.2 Å². The molecule has 0 spiro atoms. The number of carbonyl (C=O) groups is 1. The third-order valence-corrected chi connectivity index (χ3v) is 6.60. The molecular weight excluding hydrogens is 541 g/mol. The second-order valence-corrected chi connectivity index (χ2v) is 9.51. The zero-order valence-corrected chi connectivity index (χ0v) is 23.2. The topological polar surface area (TPSA) is 101 Å². The summed E-state index contributed by atoms with van der Waals surface area (Å²) in [4.78, 5) is 25.9. The average molecular weight is 577 g/mol. The summed E-state index contributed by atoms with van der Waals surface area (Å²) in [5.74, 6) is 0.815. The minimum Gasteiger partial charge on any atom is -0.497 e. The number of hydrogen-bond acceptors (Lipinski definition) is 9. The summed E-state index contributed by atoms with van der Waals surface area (Å²) in [5, 5.41) is 5.34. The molecule has 41 heavy (non-hydrogen) atoms. The summed E-state index contributed by atoms with van der Waals surface area (Å²) >= 11 is 0. The molecule has 2 aromatic carbocycles. The fraction of sp³-hybridized carbons (Fsp3) is 0.464. The molecule has 1 aliphatic rings. The van der Waals surface area contributed by atoms with Gasteiger partial charge in [0.1, 0.15) is 17.2 Å². The zero-order valence-electron chi connectivity index (χ0n) is 23.2. The summed E-state index contributed by atoms with van der Waals surface area (Å²) in [6.45, 7) is 3.75. The molecule has 1 aromatic heterocycles. The van der Waals surface area contributed by atoms with Gasteiger partial charge in [0, 0.05) is 62.3 Å². The number of aromatic nitrogens is 2. The van der Waals surface area contributed by atoms with Crippen LogP contribution in [0.1, 0.15) is 16.9 Å². The Kier molecular flexibility index (Phi) is 10.6. The number of fused-ring (bicyclic) bond motifs is 1. The molecule has 4 rings (SSSR count). The molecule has 0 saturated carbocycles. The molecule has 1 amide bonds. The van der Waals surface area contributed by atoms with Crippen molar-refractivity contribution in [2.75, 3.05) is 78.1 Å². The Morgan fingerprint density at radius 2 is 1.76 bits per heavy atom. The predicted octanol–water partition coefficient (Wildman–Crippen LogP) is 3.39. The van der Waals surface area contributed by atoms with Crippen LogP contribution in [0.2, 0.25) is 0 Å². The Morgan fingerprint density at radius 1 is 1.02 bits per heavy atom. The molecule has 2 N–H and O–H groups in total. The van der Waals surface area contributed by atoms with Crippen molar-refractivity contribution < 1.29 is 32.2 Å². The van der Waals surface area contributed by atoms with E-state index in [9.17, 15) is 18.0 Å². The minimum absolute atomic E-state index is 0.166. The van der Waals surface area contributed by atoms with E-state index in [-0.39, 0.29) is 18.1 Å². The summed E-state index contributed by atoms with van der Waals surface area (Å²) in [5.41, 5.74) is 2.76. The lowest BCUT2D eigenvalue weighted by atomic mass is 10.2. The van der Waals surface area contributed by atoms with Crippen LogP contribution in [0.4, 0.5) is 24.5 Å². The van der Waals surface area contributed by atoms with Gasteiger partial charge >= 0.3 is 6.18 Å². The van der Waals surface area contributed by atoms with E-state index in [1.807, 2.05) is 29.2 Å². The third-order valence-electron chi connectivity index (χ3n) is 6.60. The first-order valence-electron chi connectivity index (χ1n) is 13.4. The highest BCUT2D eigenvalue weighted by atomic mass is 19.4. The lowest BCUT2D eigenvalue weighted by Crippen LogP contribution is -2.41. The van der Waals surface area contributed by atoms with Crippen LogP contribution in [0.25, 0.3) is 11.0 Å². The molecule has 0 bridgehead atoms. The van der Waals surface area contributed by atoms with Gasteiger partial charge in [-0.25, -0.2) is 4.98 Å². The fourth-order valence-electron chi connectivity index (χ4n) is 4.47. The van der Waals surface area contributed by atoms with Gasteiger partial charge < -0.3 is 29.7 Å². The Balaban J connectivity index is 1.53. The van der Waals surface area contributed by atoms with Gasteiger partial charge in [-0.3, -0.25) is 14.7 Å². The Labute approximate surface area is 236 Å². The largest absolute Gasteiger partial charge is 0.497 e. The minimum atomic E-state index is -4.27. The summed E-state index contributed by atoms with van der Waals surface area (Å²) < 4.78 is 54.0. The SMILES string of the molecule is COc1cc(OC)cc(N(CCCNCC(F)(F)F)c2ccc3ncc(C(=O)NCCN4CCOCC4)nc3c2)c1. The van der Waals surface area contributed by atoms with Crippen LogP contribution in [0.15, 0.2) is 42.6 Å². The highest BCUT2D eigenvalue weighted by Crippen LogP contribution is 2.34. The van der Waals surface area contributed by atoms with Gasteiger partial charge in [0.15, 0.2) is 0 Å². The van der Waals surface area contributed by atoms with E-state index >= 15 is 0 Å². The number of nitrogens with zero attached hydrogens (tertiary/aromatic N) is 4. The normalized spacial score (nSPS) is 14.2. The summed E-state index contributed by atoms with van der Waals surface area (Å²) in [6, 6.07) is 10.8. The number of hydrogen-bond donors (Lipinski definition) is 2. The van der Waals surface area contributed by atoms with Crippen molar-refractivity contribution in [2.24, 2.45) is 0 Å². The number of nitrogens with one attached hydrogen (secondary N) is 2. The van der Waals surface area contributed by atoms with E-state index in [1.54, 1.807) is 26.4 Å². The number of anilines is 2. The number of alkyl halides is 3. The molecule has 0 atom stereocenters. The molecule has 222 valence electrons. The molecule has 0 unspecified atom stereocenters. The third kappa shape index (κ3) is 8.90. The zero-order chi connectivity index (χ0) is 29.2. The first-order valence-corrected chi connectivity index (χ1v) is 13.4.